The molecule has 1 aromatic heterocycles. The Morgan fingerprint density at radius 2 is 1.82 bits per heavy atom. The Morgan fingerprint density at radius 3 is 2.36 bits per heavy atom. The van der Waals surface area contributed by atoms with Crippen LogP contribution >= 0.6 is 12.6 Å². The van der Waals surface area contributed by atoms with Crippen LogP contribution < -0.4 is 10.1 Å². The van der Waals surface area contributed by atoms with E-state index in [1.54, 1.807) is 0 Å². The molecule has 152 valence electrons. The van der Waals surface area contributed by atoms with Crippen LogP contribution in [0.2, 0.25) is 0 Å². The Bertz CT molecular complexity index is 775. The number of carbonyl (C=O) groups excluding carboxylic acids is 1. The number of rotatable bonds is 6. The van der Waals surface area contributed by atoms with Gasteiger partial charge in [-0.25, -0.2) is 0 Å². The number of nitrogens with one attached hydrogen (secondary N) is 1. The van der Waals surface area contributed by atoms with E-state index in [-0.39, 0.29) is 35.1 Å². The number of thiol groups is 1. The molecule has 6 rings (SSSR count). The third kappa shape index (κ3) is 2.91. The number of aromatic nitrogens is 1. The normalized spacial score (nSPS) is 34.7. The molecule has 0 aliphatic heterocycles. The van der Waals surface area contributed by atoms with Gasteiger partial charge in [0.1, 0.15) is 16.9 Å². The molecule has 1 aromatic rings. The number of amides is 1. The quantitative estimate of drug-likeness (QED) is 0.628. The molecule has 0 spiro atoms. The summed E-state index contributed by atoms with van der Waals surface area (Å²) in [6.07, 6.45) is 8.28. The van der Waals surface area contributed by atoms with Gasteiger partial charge >= 0.3 is 5.97 Å². The van der Waals surface area contributed by atoms with Crippen LogP contribution in [0.5, 0.6) is 5.88 Å². The molecule has 0 radical (unpaired) electrons. The predicted molar refractivity (Wildman–Crippen MR) is 101 cm³/mol. The zero-order valence-corrected chi connectivity index (χ0v) is 16.6. The number of carboxylic acid groups (broad SMARTS) is 1. The van der Waals surface area contributed by atoms with Gasteiger partial charge in [-0.05, 0) is 73.8 Å². The Labute approximate surface area is 169 Å². The summed E-state index contributed by atoms with van der Waals surface area (Å²) in [4.78, 5) is 24.5. The Kier molecular flexibility index (Phi) is 4.37. The highest BCUT2D eigenvalue weighted by atomic mass is 32.1. The van der Waals surface area contributed by atoms with Gasteiger partial charge in [0.15, 0.2) is 0 Å². The molecule has 1 amide bonds. The lowest BCUT2D eigenvalue weighted by molar-refractivity contribution is -0.157. The van der Waals surface area contributed by atoms with Crippen LogP contribution in [0, 0.1) is 29.1 Å². The van der Waals surface area contributed by atoms with Gasteiger partial charge < -0.3 is 19.7 Å². The number of carboxylic acids is 1. The first-order chi connectivity index (χ1) is 13.4. The first kappa shape index (κ1) is 18.3. The second-order valence-corrected chi connectivity index (χ2v) is 9.77. The molecule has 28 heavy (non-hydrogen) atoms. The molecule has 1 heterocycles. The molecule has 4 bridgehead atoms. The minimum atomic E-state index is -0.859. The summed E-state index contributed by atoms with van der Waals surface area (Å²) in [6, 6.07) is 0.202. The van der Waals surface area contributed by atoms with Gasteiger partial charge in [-0.2, -0.15) is 0 Å². The molecular weight excluding hydrogens is 380 g/mol. The third-order valence-electron chi connectivity index (χ3n) is 7.62. The molecule has 5 aliphatic carbocycles. The van der Waals surface area contributed by atoms with Gasteiger partial charge in [0, 0.05) is 6.04 Å². The maximum absolute atomic E-state index is 12.8. The van der Waals surface area contributed by atoms with E-state index in [0.717, 1.165) is 18.3 Å². The largest absolute Gasteiger partial charge is 0.481 e. The summed E-state index contributed by atoms with van der Waals surface area (Å²) in [6.45, 7) is 0.0129. The Morgan fingerprint density at radius 1 is 1.18 bits per heavy atom. The summed E-state index contributed by atoms with van der Waals surface area (Å²) in [5.41, 5.74) is -0.859. The van der Waals surface area contributed by atoms with E-state index in [2.05, 4.69) is 23.1 Å². The number of hydrogen-bond donors (Lipinski definition) is 3. The minimum absolute atomic E-state index is 0.0129. The van der Waals surface area contributed by atoms with Crippen LogP contribution in [-0.4, -0.2) is 34.8 Å². The SMILES string of the molecule is O=C(NC1C2CC3CC(C2)CC1C3)c1onc(OCC2(C(=O)O)CCC2)c1S. The third-order valence-corrected chi connectivity index (χ3v) is 8.01. The molecule has 0 unspecified atom stereocenters. The summed E-state index contributed by atoms with van der Waals surface area (Å²) in [5, 5.41) is 16.4. The van der Waals surface area contributed by atoms with Crippen LogP contribution in [0.3, 0.4) is 0 Å². The van der Waals surface area contributed by atoms with Crippen molar-refractivity contribution in [3.8, 4) is 5.88 Å². The average Bonchev–Trinajstić information content (AvgIpc) is 2.97. The second kappa shape index (κ2) is 6.68. The summed E-state index contributed by atoms with van der Waals surface area (Å²) < 4.78 is 10.8. The van der Waals surface area contributed by atoms with E-state index in [1.807, 2.05) is 0 Å². The van der Waals surface area contributed by atoms with Crippen LogP contribution in [0.25, 0.3) is 0 Å². The van der Waals surface area contributed by atoms with Crippen molar-refractivity contribution in [2.75, 3.05) is 6.61 Å². The molecule has 8 heteroatoms. The highest BCUT2D eigenvalue weighted by Crippen LogP contribution is 2.53. The maximum atomic E-state index is 12.8. The molecule has 5 aliphatic rings. The van der Waals surface area contributed by atoms with Gasteiger partial charge in [0.05, 0.1) is 0 Å². The van der Waals surface area contributed by atoms with E-state index in [4.69, 9.17) is 9.26 Å². The van der Waals surface area contributed by atoms with Crippen molar-refractivity contribution in [3.63, 3.8) is 0 Å². The molecule has 5 saturated carbocycles. The van der Waals surface area contributed by atoms with Crippen LogP contribution in [0.1, 0.15) is 61.9 Å². The number of hydrogen-bond acceptors (Lipinski definition) is 6. The molecule has 0 saturated heterocycles. The lowest BCUT2D eigenvalue weighted by Crippen LogP contribution is -2.55. The first-order valence-corrected chi connectivity index (χ1v) is 10.8. The lowest BCUT2D eigenvalue weighted by Gasteiger charge is -2.54. The van der Waals surface area contributed by atoms with Crippen molar-refractivity contribution in [1.82, 2.24) is 10.5 Å². The fraction of sp³-hybridized carbons (Fsp3) is 0.750. The summed E-state index contributed by atoms with van der Waals surface area (Å²) >= 11 is 4.36. The Hall–Kier alpha value is -1.70. The van der Waals surface area contributed by atoms with Gasteiger partial charge in [-0.1, -0.05) is 6.42 Å². The minimum Gasteiger partial charge on any atom is -0.481 e. The smallest absolute Gasteiger partial charge is 0.313 e. The predicted octanol–water partition coefficient (Wildman–Crippen LogP) is 3.15. The van der Waals surface area contributed by atoms with Crippen molar-refractivity contribution in [3.05, 3.63) is 5.76 Å². The summed E-state index contributed by atoms with van der Waals surface area (Å²) in [7, 11) is 0. The lowest BCUT2D eigenvalue weighted by atomic mass is 9.54. The van der Waals surface area contributed by atoms with Crippen molar-refractivity contribution in [1.29, 1.82) is 0 Å². The van der Waals surface area contributed by atoms with E-state index in [0.29, 0.717) is 24.7 Å². The molecule has 5 fully saturated rings. The number of ether oxygens (including phenoxy) is 1. The molecular formula is C20H26N2O5S. The fourth-order valence-corrected chi connectivity index (χ4v) is 6.37. The highest BCUT2D eigenvalue weighted by molar-refractivity contribution is 7.80. The topological polar surface area (TPSA) is 102 Å². The molecule has 7 nitrogen and oxygen atoms in total. The van der Waals surface area contributed by atoms with Crippen LogP contribution in [0.4, 0.5) is 0 Å². The van der Waals surface area contributed by atoms with Crippen LogP contribution in [0.15, 0.2) is 9.42 Å². The maximum Gasteiger partial charge on any atom is 0.313 e. The molecule has 2 N–H and O–H groups in total. The number of aliphatic carboxylic acids is 1. The van der Waals surface area contributed by atoms with Crippen molar-refractivity contribution >= 4 is 24.5 Å². The zero-order chi connectivity index (χ0) is 19.5. The number of nitrogens with zero attached hydrogens (tertiary/aromatic N) is 1. The monoisotopic (exact) mass is 406 g/mol. The van der Waals surface area contributed by atoms with E-state index in [1.165, 1.54) is 32.1 Å². The van der Waals surface area contributed by atoms with E-state index in [9.17, 15) is 14.7 Å². The molecule has 0 atom stereocenters. The summed E-state index contributed by atoms with van der Waals surface area (Å²) in [5.74, 6) is 1.79. The van der Waals surface area contributed by atoms with Gasteiger partial charge in [0.25, 0.3) is 11.8 Å². The van der Waals surface area contributed by atoms with Gasteiger partial charge in [-0.3, -0.25) is 9.59 Å². The van der Waals surface area contributed by atoms with E-state index >= 15 is 0 Å². The average molecular weight is 407 g/mol. The first-order valence-electron chi connectivity index (χ1n) is 10.3. The van der Waals surface area contributed by atoms with Gasteiger partial charge in [-0.15, -0.1) is 12.6 Å². The highest BCUT2D eigenvalue weighted by Gasteiger charge is 2.49. The zero-order valence-electron chi connectivity index (χ0n) is 15.7. The van der Waals surface area contributed by atoms with Crippen molar-refractivity contribution in [2.45, 2.75) is 62.3 Å². The van der Waals surface area contributed by atoms with E-state index < -0.39 is 11.4 Å². The second-order valence-electron chi connectivity index (χ2n) is 9.32. The Balaban J connectivity index is 1.24. The standard InChI is InChI=1S/C20H26N2O5S/c23-17(21-14-12-5-10-4-11(7-12)8-13(14)6-10)15-16(28)18(22-27-15)26-9-20(19(24)25)2-1-3-20/h10-14,28H,1-9H2,(H,21,23)(H,24,25). The number of carbonyl (C=O) groups is 2. The van der Waals surface area contributed by atoms with Crippen LogP contribution in [-0.2, 0) is 4.79 Å². The van der Waals surface area contributed by atoms with Crippen molar-refractivity contribution < 1.29 is 24.0 Å². The fourth-order valence-electron chi connectivity index (χ4n) is 6.12. The van der Waals surface area contributed by atoms with Gasteiger partial charge in [0.2, 0.25) is 5.76 Å². The molecule has 0 aromatic carbocycles. The van der Waals surface area contributed by atoms with Crippen molar-refractivity contribution in [2.24, 2.45) is 29.1 Å².